The van der Waals surface area contributed by atoms with Gasteiger partial charge in [-0.05, 0) is 54.8 Å². The van der Waals surface area contributed by atoms with Crippen molar-refractivity contribution in [3.05, 3.63) is 70.5 Å². The van der Waals surface area contributed by atoms with Crippen LogP contribution in [-0.2, 0) is 11.3 Å². The van der Waals surface area contributed by atoms with Gasteiger partial charge in [-0.1, -0.05) is 23.7 Å². The molecule has 2 aromatic carbocycles. The summed E-state index contributed by atoms with van der Waals surface area (Å²) in [7, 11) is 1.72. The highest BCUT2D eigenvalue weighted by atomic mass is 35.5. The largest absolute Gasteiger partial charge is 0.341 e. The second-order valence-electron chi connectivity index (χ2n) is 6.92. The van der Waals surface area contributed by atoms with Crippen LogP contribution in [0.2, 0.25) is 5.02 Å². The monoisotopic (exact) mass is 388 g/mol. The van der Waals surface area contributed by atoms with Gasteiger partial charge < -0.3 is 9.80 Å². The molecule has 0 radical (unpaired) electrons. The quantitative estimate of drug-likeness (QED) is 0.794. The highest BCUT2D eigenvalue weighted by molar-refractivity contribution is 6.30. The van der Waals surface area contributed by atoms with E-state index in [1.54, 1.807) is 53.2 Å². The molecular weight excluding hydrogens is 367 g/mol. The maximum Gasteiger partial charge on any atom is 0.253 e. The van der Waals surface area contributed by atoms with Crippen molar-refractivity contribution in [3.8, 4) is 0 Å². The molecule has 6 heteroatoms. The molecule has 1 atom stereocenters. The molecular formula is C21H22ClFN2O2. The minimum Gasteiger partial charge on any atom is -0.341 e. The Bertz CT molecular complexity index is 825. The Kier molecular flexibility index (Phi) is 6.11. The molecule has 1 aliphatic rings. The van der Waals surface area contributed by atoms with Gasteiger partial charge in [0.25, 0.3) is 5.91 Å². The summed E-state index contributed by atoms with van der Waals surface area (Å²) in [6.07, 6.45) is 1.53. The van der Waals surface area contributed by atoms with E-state index < -0.39 is 0 Å². The lowest BCUT2D eigenvalue weighted by atomic mass is 9.95. The van der Waals surface area contributed by atoms with Gasteiger partial charge in [0.15, 0.2) is 0 Å². The van der Waals surface area contributed by atoms with Gasteiger partial charge in [-0.3, -0.25) is 9.59 Å². The summed E-state index contributed by atoms with van der Waals surface area (Å²) in [6.45, 7) is 1.38. The lowest BCUT2D eigenvalue weighted by Gasteiger charge is -2.34. The molecule has 27 heavy (non-hydrogen) atoms. The van der Waals surface area contributed by atoms with Crippen LogP contribution in [0.4, 0.5) is 4.39 Å². The fourth-order valence-corrected chi connectivity index (χ4v) is 3.56. The zero-order valence-corrected chi connectivity index (χ0v) is 16.0. The first-order valence-corrected chi connectivity index (χ1v) is 9.36. The number of hydrogen-bond acceptors (Lipinski definition) is 2. The number of piperidine rings is 1. The number of nitrogens with zero attached hydrogens (tertiary/aromatic N) is 2. The van der Waals surface area contributed by atoms with Crippen molar-refractivity contribution in [1.29, 1.82) is 0 Å². The SMILES string of the molecule is CN(Cc1cccc(F)c1)C(=O)C1CCCN(C(=O)c2ccc(Cl)cc2)C1. The summed E-state index contributed by atoms with van der Waals surface area (Å²) in [5.41, 5.74) is 1.32. The summed E-state index contributed by atoms with van der Waals surface area (Å²) in [4.78, 5) is 28.8. The third-order valence-electron chi connectivity index (χ3n) is 4.83. The molecule has 2 aromatic rings. The molecule has 0 aromatic heterocycles. The van der Waals surface area contributed by atoms with Crippen molar-refractivity contribution in [2.75, 3.05) is 20.1 Å². The van der Waals surface area contributed by atoms with Crippen molar-refractivity contribution >= 4 is 23.4 Å². The second-order valence-corrected chi connectivity index (χ2v) is 7.36. The molecule has 142 valence electrons. The summed E-state index contributed by atoms with van der Waals surface area (Å²) in [5.74, 6) is -0.663. The molecule has 0 saturated carbocycles. The molecule has 4 nitrogen and oxygen atoms in total. The van der Waals surface area contributed by atoms with Gasteiger partial charge in [0, 0.05) is 37.3 Å². The van der Waals surface area contributed by atoms with Crippen molar-refractivity contribution in [3.63, 3.8) is 0 Å². The fourth-order valence-electron chi connectivity index (χ4n) is 3.44. The predicted octanol–water partition coefficient (Wildman–Crippen LogP) is 3.99. The Hall–Kier alpha value is -2.40. The van der Waals surface area contributed by atoms with Crippen molar-refractivity contribution < 1.29 is 14.0 Å². The van der Waals surface area contributed by atoms with Crippen LogP contribution < -0.4 is 0 Å². The second kappa shape index (κ2) is 8.53. The summed E-state index contributed by atoms with van der Waals surface area (Å²) < 4.78 is 13.3. The van der Waals surface area contributed by atoms with Crippen molar-refractivity contribution in [2.24, 2.45) is 5.92 Å². The third kappa shape index (κ3) is 4.86. The Morgan fingerprint density at radius 1 is 1.22 bits per heavy atom. The summed E-state index contributed by atoms with van der Waals surface area (Å²) >= 11 is 5.88. The van der Waals surface area contributed by atoms with Gasteiger partial charge in [0.05, 0.1) is 5.92 Å². The zero-order valence-electron chi connectivity index (χ0n) is 15.2. The van der Waals surface area contributed by atoms with Crippen LogP contribution in [-0.4, -0.2) is 41.8 Å². The minimum atomic E-state index is -0.314. The molecule has 1 heterocycles. The van der Waals surface area contributed by atoms with E-state index in [1.165, 1.54) is 12.1 Å². The highest BCUT2D eigenvalue weighted by Gasteiger charge is 2.30. The Labute approximate surface area is 163 Å². The number of amides is 2. The molecule has 0 bridgehead atoms. The van der Waals surface area contributed by atoms with E-state index in [4.69, 9.17) is 11.6 Å². The Balaban J connectivity index is 1.63. The Morgan fingerprint density at radius 3 is 2.67 bits per heavy atom. The molecule has 1 unspecified atom stereocenters. The lowest BCUT2D eigenvalue weighted by Crippen LogP contribution is -2.45. The molecule has 1 saturated heterocycles. The highest BCUT2D eigenvalue weighted by Crippen LogP contribution is 2.22. The fraction of sp³-hybridized carbons (Fsp3) is 0.333. The molecule has 1 fully saturated rings. The number of rotatable bonds is 4. The smallest absolute Gasteiger partial charge is 0.253 e. The van der Waals surface area contributed by atoms with Crippen LogP contribution >= 0.6 is 11.6 Å². The maximum atomic E-state index is 13.3. The topological polar surface area (TPSA) is 40.6 Å². The van der Waals surface area contributed by atoms with E-state index in [0.29, 0.717) is 30.2 Å². The molecule has 2 amide bonds. The van der Waals surface area contributed by atoms with E-state index >= 15 is 0 Å². The maximum absolute atomic E-state index is 13.3. The van der Waals surface area contributed by atoms with Crippen LogP contribution in [0.5, 0.6) is 0 Å². The zero-order chi connectivity index (χ0) is 19.4. The lowest BCUT2D eigenvalue weighted by molar-refractivity contribution is -0.136. The number of carbonyl (C=O) groups is 2. The number of benzene rings is 2. The van der Waals surface area contributed by atoms with Gasteiger partial charge in [-0.15, -0.1) is 0 Å². The molecule has 1 aliphatic heterocycles. The van der Waals surface area contributed by atoms with Crippen LogP contribution in [0, 0.1) is 11.7 Å². The van der Waals surface area contributed by atoms with E-state index in [0.717, 1.165) is 18.4 Å². The van der Waals surface area contributed by atoms with Crippen LogP contribution in [0.25, 0.3) is 0 Å². The first-order valence-electron chi connectivity index (χ1n) is 8.98. The molecule has 0 spiro atoms. The van der Waals surface area contributed by atoms with Crippen LogP contribution in [0.15, 0.2) is 48.5 Å². The minimum absolute atomic E-state index is 0.0205. The van der Waals surface area contributed by atoms with Crippen molar-refractivity contribution in [1.82, 2.24) is 9.80 Å². The Morgan fingerprint density at radius 2 is 1.96 bits per heavy atom. The van der Waals surface area contributed by atoms with Crippen molar-refractivity contribution in [2.45, 2.75) is 19.4 Å². The van der Waals surface area contributed by atoms with Gasteiger partial charge >= 0.3 is 0 Å². The standard InChI is InChI=1S/C21H22ClFN2O2/c1-24(13-15-4-2-6-19(23)12-15)20(26)17-5-3-11-25(14-17)21(27)16-7-9-18(22)10-8-16/h2,4,6-10,12,17H,3,5,11,13-14H2,1H3. The average molecular weight is 389 g/mol. The summed E-state index contributed by atoms with van der Waals surface area (Å²) in [5, 5.41) is 0.581. The van der Waals surface area contributed by atoms with E-state index in [-0.39, 0.29) is 23.5 Å². The van der Waals surface area contributed by atoms with E-state index in [9.17, 15) is 14.0 Å². The molecule has 0 aliphatic carbocycles. The average Bonchev–Trinajstić information content (AvgIpc) is 2.67. The first-order chi connectivity index (χ1) is 12.9. The number of halogens is 2. The third-order valence-corrected chi connectivity index (χ3v) is 5.09. The van der Waals surface area contributed by atoms with Crippen LogP contribution in [0.3, 0.4) is 0 Å². The first kappa shape index (κ1) is 19.4. The van der Waals surface area contributed by atoms with Crippen LogP contribution in [0.1, 0.15) is 28.8 Å². The number of hydrogen-bond donors (Lipinski definition) is 0. The summed E-state index contributed by atoms with van der Waals surface area (Å²) in [6, 6.07) is 13.0. The number of carbonyl (C=O) groups excluding carboxylic acids is 2. The normalized spacial score (nSPS) is 16.9. The van der Waals surface area contributed by atoms with E-state index in [1.807, 2.05) is 0 Å². The molecule has 0 N–H and O–H groups in total. The van der Waals surface area contributed by atoms with Gasteiger partial charge in [0.1, 0.15) is 5.82 Å². The van der Waals surface area contributed by atoms with Gasteiger partial charge in [-0.25, -0.2) is 4.39 Å². The van der Waals surface area contributed by atoms with E-state index in [2.05, 4.69) is 0 Å². The van der Waals surface area contributed by atoms with Gasteiger partial charge in [-0.2, -0.15) is 0 Å². The number of likely N-dealkylation sites (tertiary alicyclic amines) is 1. The predicted molar refractivity (Wildman–Crippen MR) is 103 cm³/mol. The molecule has 3 rings (SSSR count). The van der Waals surface area contributed by atoms with Gasteiger partial charge in [0.2, 0.25) is 5.91 Å².